The molecule has 29 heavy (non-hydrogen) atoms. The second-order valence-corrected chi connectivity index (χ2v) is 9.54. The van der Waals surface area contributed by atoms with Gasteiger partial charge in [0, 0.05) is 16.9 Å². The Hall–Kier alpha value is -2.81. The van der Waals surface area contributed by atoms with Crippen molar-refractivity contribution < 1.29 is 9.50 Å². The molecule has 0 aliphatic rings. The number of benzene rings is 3. The summed E-state index contributed by atoms with van der Waals surface area (Å²) >= 11 is 0. The summed E-state index contributed by atoms with van der Waals surface area (Å²) in [5.41, 5.74) is 4.10. The van der Waals surface area contributed by atoms with E-state index in [0.717, 1.165) is 22.5 Å². The molecule has 0 unspecified atom stereocenters. The maximum atomic E-state index is 13.6. The Morgan fingerprint density at radius 3 is 1.79 bits per heavy atom. The van der Waals surface area contributed by atoms with Crippen LogP contribution in [0.25, 0.3) is 0 Å². The van der Waals surface area contributed by atoms with E-state index in [2.05, 4.69) is 47.6 Å². The maximum absolute atomic E-state index is 13.6. The van der Waals surface area contributed by atoms with Crippen molar-refractivity contribution in [3.8, 4) is 5.75 Å². The van der Waals surface area contributed by atoms with Gasteiger partial charge in [0.1, 0.15) is 11.6 Å². The molecule has 0 saturated carbocycles. The first-order valence-corrected chi connectivity index (χ1v) is 9.97. The average Bonchev–Trinajstić information content (AvgIpc) is 2.64. The van der Waals surface area contributed by atoms with Gasteiger partial charge in [-0.05, 0) is 58.9 Å². The maximum Gasteiger partial charge on any atom is 0.143 e. The molecule has 0 saturated heterocycles. The second-order valence-electron chi connectivity index (χ2n) is 9.54. The fraction of sp³-hybridized carbons (Fsp3) is 0.308. The molecule has 0 spiro atoms. The van der Waals surface area contributed by atoms with E-state index in [1.54, 1.807) is 12.1 Å². The van der Waals surface area contributed by atoms with E-state index in [4.69, 9.17) is 0 Å². The van der Waals surface area contributed by atoms with Gasteiger partial charge in [0.15, 0.2) is 0 Å². The third-order valence-corrected chi connectivity index (χ3v) is 5.10. The minimum Gasteiger partial charge on any atom is -0.505 e. The summed E-state index contributed by atoms with van der Waals surface area (Å²) in [5.74, 6) is -0.0384. The van der Waals surface area contributed by atoms with Crippen molar-refractivity contribution in [1.29, 1.82) is 0 Å². The number of hydrogen-bond acceptors (Lipinski definition) is 2. The van der Waals surface area contributed by atoms with Crippen LogP contribution in [-0.4, -0.2) is 5.11 Å². The van der Waals surface area contributed by atoms with Gasteiger partial charge in [0.2, 0.25) is 0 Å². The Balaban J connectivity index is 2.34. The lowest BCUT2D eigenvalue weighted by Gasteiger charge is -2.32. The Morgan fingerprint density at radius 1 is 0.724 bits per heavy atom. The minimum absolute atomic E-state index is 0.0897. The minimum atomic E-state index is -0.287. The first-order chi connectivity index (χ1) is 13.5. The monoisotopic (exact) mass is 391 g/mol. The molecular formula is C26H30FNO. The molecule has 0 amide bonds. The molecule has 3 aromatic rings. The smallest absolute Gasteiger partial charge is 0.143 e. The summed E-state index contributed by atoms with van der Waals surface area (Å²) in [5, 5.41) is 11.3. The zero-order chi connectivity index (χ0) is 21.4. The van der Waals surface area contributed by atoms with Crippen LogP contribution in [0.15, 0.2) is 66.7 Å². The van der Waals surface area contributed by atoms with Crippen molar-refractivity contribution in [1.82, 2.24) is 0 Å². The molecule has 0 radical (unpaired) electrons. The first kappa shape index (κ1) is 20.9. The molecule has 3 aromatic carbocycles. The van der Waals surface area contributed by atoms with Crippen molar-refractivity contribution in [2.45, 2.75) is 52.4 Å². The summed E-state index contributed by atoms with van der Waals surface area (Å²) < 4.78 is 13.6. The highest BCUT2D eigenvalue weighted by Crippen LogP contribution is 2.46. The van der Waals surface area contributed by atoms with Crippen LogP contribution in [0.4, 0.5) is 21.5 Å². The van der Waals surface area contributed by atoms with Crippen molar-refractivity contribution >= 4 is 17.1 Å². The van der Waals surface area contributed by atoms with Gasteiger partial charge < -0.3 is 10.0 Å². The molecule has 0 heterocycles. The van der Waals surface area contributed by atoms with E-state index in [0.29, 0.717) is 5.69 Å². The topological polar surface area (TPSA) is 23.5 Å². The van der Waals surface area contributed by atoms with Gasteiger partial charge in [0.25, 0.3) is 0 Å². The molecule has 2 nitrogen and oxygen atoms in total. The van der Waals surface area contributed by atoms with E-state index < -0.39 is 0 Å². The highest BCUT2D eigenvalue weighted by Gasteiger charge is 2.28. The normalized spacial score (nSPS) is 12.1. The van der Waals surface area contributed by atoms with E-state index >= 15 is 0 Å². The van der Waals surface area contributed by atoms with Crippen LogP contribution in [0.3, 0.4) is 0 Å². The van der Waals surface area contributed by atoms with Crippen molar-refractivity contribution in [3.63, 3.8) is 0 Å². The lowest BCUT2D eigenvalue weighted by molar-refractivity contribution is 0.446. The van der Waals surface area contributed by atoms with Gasteiger partial charge in [-0.2, -0.15) is 0 Å². The summed E-state index contributed by atoms with van der Waals surface area (Å²) in [6.45, 7) is 12.8. The first-order valence-electron chi connectivity index (χ1n) is 9.97. The number of phenols is 1. The number of anilines is 3. The number of para-hydroxylation sites is 1. The third-order valence-electron chi connectivity index (χ3n) is 5.10. The van der Waals surface area contributed by atoms with Crippen LogP contribution in [0, 0.1) is 5.82 Å². The van der Waals surface area contributed by atoms with Crippen molar-refractivity contribution in [2.24, 2.45) is 0 Å². The van der Waals surface area contributed by atoms with Crippen LogP contribution in [-0.2, 0) is 10.8 Å². The van der Waals surface area contributed by atoms with Gasteiger partial charge in [-0.3, -0.25) is 0 Å². The zero-order valence-electron chi connectivity index (χ0n) is 18.1. The molecular weight excluding hydrogens is 361 g/mol. The van der Waals surface area contributed by atoms with Gasteiger partial charge in [-0.1, -0.05) is 65.8 Å². The molecule has 3 rings (SSSR count). The van der Waals surface area contributed by atoms with Crippen LogP contribution in [0.1, 0.15) is 52.7 Å². The number of hydrogen-bond donors (Lipinski definition) is 1. The molecule has 152 valence electrons. The summed E-state index contributed by atoms with van der Waals surface area (Å²) in [4.78, 5) is 1.99. The molecule has 3 heteroatoms. The third kappa shape index (κ3) is 4.45. The summed E-state index contributed by atoms with van der Waals surface area (Å²) in [7, 11) is 0. The highest BCUT2D eigenvalue weighted by atomic mass is 19.1. The van der Waals surface area contributed by atoms with Crippen LogP contribution in [0.2, 0.25) is 0 Å². The quantitative estimate of drug-likeness (QED) is 0.497. The Morgan fingerprint density at radius 2 is 1.28 bits per heavy atom. The number of phenolic OH excluding ortho intramolecular Hbond substituents is 1. The molecule has 1 N–H and O–H groups in total. The van der Waals surface area contributed by atoms with Crippen molar-refractivity contribution in [3.05, 3.63) is 83.7 Å². The largest absolute Gasteiger partial charge is 0.505 e. The summed E-state index contributed by atoms with van der Waals surface area (Å²) in [6.07, 6.45) is 0. The van der Waals surface area contributed by atoms with Crippen LogP contribution in [0.5, 0.6) is 5.75 Å². The fourth-order valence-corrected chi connectivity index (χ4v) is 3.39. The molecule has 0 aliphatic heterocycles. The number of aromatic hydroxyl groups is 1. The molecule has 0 bridgehead atoms. The number of nitrogens with zero attached hydrogens (tertiary/aromatic N) is 1. The van der Waals surface area contributed by atoms with Crippen LogP contribution >= 0.6 is 0 Å². The van der Waals surface area contributed by atoms with E-state index in [1.165, 1.54) is 12.1 Å². The standard InChI is InChI=1S/C26H30FNO/c1-25(2,3)18-16-22(26(4,5)6)24(29)23(17-18)28(20-10-8-7-9-11-20)21-14-12-19(27)13-15-21/h7-17,29H,1-6H3. The average molecular weight is 392 g/mol. The summed E-state index contributed by atoms with van der Waals surface area (Å²) in [6, 6.07) is 20.4. The Labute approximate surface area is 173 Å². The van der Waals surface area contributed by atoms with Gasteiger partial charge in [0.05, 0.1) is 5.69 Å². The fourth-order valence-electron chi connectivity index (χ4n) is 3.39. The van der Waals surface area contributed by atoms with Gasteiger partial charge >= 0.3 is 0 Å². The molecule has 0 atom stereocenters. The second kappa shape index (κ2) is 7.55. The molecule has 0 aliphatic carbocycles. The predicted octanol–water partition coefficient (Wildman–Crippen LogP) is 7.60. The lowest BCUT2D eigenvalue weighted by Crippen LogP contribution is -2.19. The van der Waals surface area contributed by atoms with Gasteiger partial charge in [-0.15, -0.1) is 0 Å². The van der Waals surface area contributed by atoms with E-state index in [9.17, 15) is 9.50 Å². The van der Waals surface area contributed by atoms with E-state index in [-0.39, 0.29) is 22.4 Å². The van der Waals surface area contributed by atoms with Crippen molar-refractivity contribution in [2.75, 3.05) is 4.90 Å². The lowest BCUT2D eigenvalue weighted by atomic mass is 9.79. The molecule has 0 aromatic heterocycles. The van der Waals surface area contributed by atoms with Crippen LogP contribution < -0.4 is 4.90 Å². The predicted molar refractivity (Wildman–Crippen MR) is 120 cm³/mol. The van der Waals surface area contributed by atoms with E-state index in [1.807, 2.05) is 41.3 Å². The Kier molecular flexibility index (Phi) is 5.44. The van der Waals surface area contributed by atoms with Gasteiger partial charge in [-0.25, -0.2) is 4.39 Å². The molecule has 0 fully saturated rings. The number of rotatable bonds is 3. The number of halogens is 1. The zero-order valence-corrected chi connectivity index (χ0v) is 18.1. The SMILES string of the molecule is CC(C)(C)c1cc(N(c2ccccc2)c2ccc(F)cc2)c(O)c(C(C)(C)C)c1. The Bertz CT molecular complexity index is 980. The highest BCUT2D eigenvalue weighted by molar-refractivity contribution is 5.81.